The summed E-state index contributed by atoms with van der Waals surface area (Å²) in [6.07, 6.45) is 1.95. The maximum atomic E-state index is 13.2. The van der Waals surface area contributed by atoms with Crippen LogP contribution in [0.5, 0.6) is 0 Å². The van der Waals surface area contributed by atoms with Gasteiger partial charge in [0.1, 0.15) is 5.82 Å². The molecule has 1 aromatic carbocycles. The second-order valence-corrected chi connectivity index (χ2v) is 7.38. The van der Waals surface area contributed by atoms with Crippen LogP contribution in [0.2, 0.25) is 10.0 Å². The minimum Gasteiger partial charge on any atom is -0.323 e. The molecular formula is C19H20Cl2FN5O. The third-order valence-corrected chi connectivity index (χ3v) is 5.16. The average molecular weight is 424 g/mol. The number of rotatable bonds is 6. The molecule has 0 saturated heterocycles. The maximum Gasteiger partial charge on any atom is 0.226 e. The van der Waals surface area contributed by atoms with Gasteiger partial charge in [0.05, 0.1) is 34.3 Å². The van der Waals surface area contributed by atoms with Crippen LogP contribution in [0, 0.1) is 26.6 Å². The van der Waals surface area contributed by atoms with E-state index in [1.165, 1.54) is 12.1 Å². The number of nitrogens with zero attached hydrogens (tertiary/aromatic N) is 4. The van der Waals surface area contributed by atoms with Crippen molar-refractivity contribution in [2.75, 3.05) is 5.32 Å². The number of benzene rings is 1. The Kier molecular flexibility index (Phi) is 6.05. The molecule has 9 heteroatoms. The minimum atomic E-state index is -0.385. The Balaban J connectivity index is 1.68. The molecule has 6 nitrogen and oxygen atoms in total. The highest BCUT2D eigenvalue weighted by atomic mass is 35.5. The van der Waals surface area contributed by atoms with Crippen LogP contribution in [0.1, 0.15) is 29.1 Å². The van der Waals surface area contributed by atoms with Crippen LogP contribution < -0.4 is 5.32 Å². The van der Waals surface area contributed by atoms with Crippen molar-refractivity contribution in [1.29, 1.82) is 0 Å². The van der Waals surface area contributed by atoms with Crippen LogP contribution in [0.3, 0.4) is 0 Å². The van der Waals surface area contributed by atoms with Gasteiger partial charge in [-0.15, -0.1) is 0 Å². The first-order valence-electron chi connectivity index (χ1n) is 8.72. The maximum absolute atomic E-state index is 13.2. The third kappa shape index (κ3) is 4.54. The first-order chi connectivity index (χ1) is 13.2. The number of nitrogens with one attached hydrogen (secondary N) is 1. The van der Waals surface area contributed by atoms with Gasteiger partial charge in [-0.1, -0.05) is 29.3 Å². The molecule has 3 rings (SSSR count). The van der Waals surface area contributed by atoms with E-state index in [4.69, 9.17) is 23.2 Å². The number of aromatic nitrogens is 4. The molecule has 0 atom stereocenters. The molecule has 1 N–H and O–H groups in total. The lowest BCUT2D eigenvalue weighted by molar-refractivity contribution is -0.116. The van der Waals surface area contributed by atoms with Gasteiger partial charge in [0.25, 0.3) is 0 Å². The number of anilines is 1. The van der Waals surface area contributed by atoms with E-state index < -0.39 is 0 Å². The quantitative estimate of drug-likeness (QED) is 0.633. The van der Waals surface area contributed by atoms with Gasteiger partial charge in [0, 0.05) is 24.2 Å². The molecule has 2 heterocycles. The second-order valence-electron chi connectivity index (χ2n) is 6.56. The lowest BCUT2D eigenvalue weighted by atomic mass is 10.2. The largest absolute Gasteiger partial charge is 0.323 e. The number of carbonyl (C=O) groups is 1. The predicted molar refractivity (Wildman–Crippen MR) is 107 cm³/mol. The summed E-state index contributed by atoms with van der Waals surface area (Å²) < 4.78 is 16.6. The summed E-state index contributed by atoms with van der Waals surface area (Å²) in [5.41, 5.74) is 3.64. The molecule has 1 amide bonds. The van der Waals surface area contributed by atoms with Gasteiger partial charge in [0.15, 0.2) is 0 Å². The van der Waals surface area contributed by atoms with E-state index in [2.05, 4.69) is 15.5 Å². The highest BCUT2D eigenvalue weighted by Gasteiger charge is 2.15. The lowest BCUT2D eigenvalue weighted by Gasteiger charge is -2.09. The van der Waals surface area contributed by atoms with Crippen molar-refractivity contribution in [1.82, 2.24) is 19.6 Å². The van der Waals surface area contributed by atoms with Crippen LogP contribution in [0.15, 0.2) is 24.4 Å². The Labute approximate surface area is 172 Å². The molecule has 3 aromatic rings. The summed E-state index contributed by atoms with van der Waals surface area (Å²) in [5, 5.41) is 12.5. The average Bonchev–Trinajstić information content (AvgIpc) is 3.09. The number of carbonyl (C=O) groups excluding carboxylic acids is 1. The normalized spacial score (nSPS) is 11.1. The summed E-state index contributed by atoms with van der Waals surface area (Å²) in [6, 6.07) is 4.26. The second kappa shape index (κ2) is 8.32. The number of halogens is 3. The molecule has 0 aliphatic carbocycles. The van der Waals surface area contributed by atoms with Gasteiger partial charge < -0.3 is 5.32 Å². The Morgan fingerprint density at radius 3 is 2.54 bits per heavy atom. The van der Waals surface area contributed by atoms with E-state index in [1.807, 2.05) is 20.8 Å². The van der Waals surface area contributed by atoms with Gasteiger partial charge in [0.2, 0.25) is 5.91 Å². The van der Waals surface area contributed by atoms with E-state index in [0.29, 0.717) is 34.5 Å². The molecule has 2 aromatic heterocycles. The first kappa shape index (κ1) is 20.4. The van der Waals surface area contributed by atoms with Crippen LogP contribution in [0.25, 0.3) is 0 Å². The molecule has 0 saturated carbocycles. The van der Waals surface area contributed by atoms with E-state index in [1.54, 1.807) is 21.6 Å². The van der Waals surface area contributed by atoms with Gasteiger partial charge in [-0.3, -0.25) is 14.2 Å². The van der Waals surface area contributed by atoms with Crippen molar-refractivity contribution >= 4 is 34.8 Å². The zero-order chi connectivity index (χ0) is 20.4. The first-order valence-corrected chi connectivity index (χ1v) is 9.47. The minimum absolute atomic E-state index is 0.144. The molecule has 0 radical (unpaired) electrons. The summed E-state index contributed by atoms with van der Waals surface area (Å²) in [7, 11) is 0. The summed E-state index contributed by atoms with van der Waals surface area (Å²) in [5.74, 6) is -0.529. The van der Waals surface area contributed by atoms with E-state index in [9.17, 15) is 9.18 Å². The van der Waals surface area contributed by atoms with Crippen LogP contribution in [-0.2, 0) is 17.9 Å². The van der Waals surface area contributed by atoms with Crippen molar-refractivity contribution < 1.29 is 9.18 Å². The van der Waals surface area contributed by atoms with E-state index in [0.717, 1.165) is 17.0 Å². The van der Waals surface area contributed by atoms with Gasteiger partial charge >= 0.3 is 0 Å². The lowest BCUT2D eigenvalue weighted by Crippen LogP contribution is -2.16. The number of aryl methyl sites for hydroxylation is 3. The molecule has 0 spiro atoms. The SMILES string of the molecule is Cc1nn(CCC(=O)Nc2c(C)nn(Cc3ccc(F)cc3Cl)c2C)cc1Cl. The topological polar surface area (TPSA) is 64.7 Å². The zero-order valence-electron chi connectivity index (χ0n) is 15.8. The fraction of sp³-hybridized carbons (Fsp3) is 0.316. The van der Waals surface area contributed by atoms with E-state index in [-0.39, 0.29) is 18.1 Å². The Morgan fingerprint density at radius 1 is 1.14 bits per heavy atom. The summed E-state index contributed by atoms with van der Waals surface area (Å²) in [4.78, 5) is 12.4. The Hall–Kier alpha value is -2.38. The van der Waals surface area contributed by atoms with Crippen molar-refractivity contribution in [2.45, 2.75) is 40.3 Å². The van der Waals surface area contributed by atoms with Gasteiger partial charge in [-0.25, -0.2) is 4.39 Å². The van der Waals surface area contributed by atoms with Crippen LogP contribution in [-0.4, -0.2) is 25.5 Å². The Morgan fingerprint density at radius 2 is 1.89 bits per heavy atom. The Bertz CT molecular complexity index is 1010. The summed E-state index contributed by atoms with van der Waals surface area (Å²) >= 11 is 12.1. The van der Waals surface area contributed by atoms with Crippen LogP contribution >= 0.6 is 23.2 Å². The third-order valence-electron chi connectivity index (χ3n) is 4.44. The zero-order valence-corrected chi connectivity index (χ0v) is 17.3. The summed E-state index contributed by atoms with van der Waals surface area (Å²) in [6.45, 7) is 6.31. The molecule has 0 bridgehead atoms. The molecule has 28 heavy (non-hydrogen) atoms. The van der Waals surface area contributed by atoms with Gasteiger partial charge in [-0.05, 0) is 38.5 Å². The van der Waals surface area contributed by atoms with Crippen molar-refractivity contribution in [3.05, 3.63) is 62.9 Å². The highest BCUT2D eigenvalue weighted by molar-refractivity contribution is 6.31. The van der Waals surface area contributed by atoms with Gasteiger partial charge in [-0.2, -0.15) is 10.2 Å². The van der Waals surface area contributed by atoms with Crippen molar-refractivity contribution in [3.63, 3.8) is 0 Å². The smallest absolute Gasteiger partial charge is 0.226 e. The standard InChI is InChI=1S/C19H20Cl2FN5O/c1-11-17(21)10-26(24-11)7-6-18(28)23-19-12(2)25-27(13(19)3)9-14-4-5-15(22)8-16(14)20/h4-5,8,10H,6-7,9H2,1-3H3,(H,23,28). The molecule has 0 aliphatic heterocycles. The fourth-order valence-corrected chi connectivity index (χ4v) is 3.25. The number of amides is 1. The highest BCUT2D eigenvalue weighted by Crippen LogP contribution is 2.23. The fourth-order valence-electron chi connectivity index (χ4n) is 2.87. The number of hydrogen-bond acceptors (Lipinski definition) is 3. The molecule has 0 unspecified atom stereocenters. The number of hydrogen-bond donors (Lipinski definition) is 1. The molecule has 0 fully saturated rings. The van der Waals surface area contributed by atoms with Crippen LogP contribution in [0.4, 0.5) is 10.1 Å². The molecule has 148 valence electrons. The predicted octanol–water partition coefficient (Wildman–Crippen LogP) is 4.53. The van der Waals surface area contributed by atoms with E-state index >= 15 is 0 Å². The molecular weight excluding hydrogens is 404 g/mol. The van der Waals surface area contributed by atoms with Crippen molar-refractivity contribution in [3.8, 4) is 0 Å². The molecule has 0 aliphatic rings. The van der Waals surface area contributed by atoms with Crippen molar-refractivity contribution in [2.24, 2.45) is 0 Å². The monoisotopic (exact) mass is 423 g/mol.